The van der Waals surface area contributed by atoms with Crippen molar-refractivity contribution in [1.82, 2.24) is 4.90 Å². The predicted molar refractivity (Wildman–Crippen MR) is 73.2 cm³/mol. The topological polar surface area (TPSA) is 21.7 Å². The first kappa shape index (κ1) is 13.4. The summed E-state index contributed by atoms with van der Waals surface area (Å²) >= 11 is 0. The van der Waals surface area contributed by atoms with Gasteiger partial charge >= 0.3 is 0 Å². The Morgan fingerprint density at radius 1 is 1.17 bits per heavy atom. The van der Waals surface area contributed by atoms with Crippen LogP contribution in [0.15, 0.2) is 24.3 Å². The zero-order valence-electron chi connectivity index (χ0n) is 11.2. The molecular formula is C15H23NO2. The second-order valence-corrected chi connectivity index (χ2v) is 4.65. The number of ether oxygens (including phenoxy) is 2. The van der Waals surface area contributed by atoms with Crippen molar-refractivity contribution in [3.8, 4) is 5.75 Å². The lowest BCUT2D eigenvalue weighted by Crippen LogP contribution is -2.37. The molecule has 1 heterocycles. The molecule has 18 heavy (non-hydrogen) atoms. The molecule has 0 spiro atoms. The number of nitrogens with zero attached hydrogens (tertiary/aromatic N) is 1. The van der Waals surface area contributed by atoms with Crippen molar-refractivity contribution in [3.63, 3.8) is 0 Å². The van der Waals surface area contributed by atoms with E-state index in [2.05, 4.69) is 36.1 Å². The molecule has 0 aromatic heterocycles. The van der Waals surface area contributed by atoms with Gasteiger partial charge in [0.05, 0.1) is 19.8 Å². The Morgan fingerprint density at radius 3 is 2.56 bits per heavy atom. The van der Waals surface area contributed by atoms with Gasteiger partial charge in [-0.05, 0) is 30.5 Å². The van der Waals surface area contributed by atoms with Crippen molar-refractivity contribution in [2.24, 2.45) is 0 Å². The third-order valence-electron chi connectivity index (χ3n) is 3.32. The van der Waals surface area contributed by atoms with Crippen LogP contribution in [-0.2, 0) is 11.2 Å². The zero-order chi connectivity index (χ0) is 12.6. The quantitative estimate of drug-likeness (QED) is 0.722. The molecule has 1 saturated heterocycles. The average Bonchev–Trinajstić information content (AvgIpc) is 2.45. The molecule has 0 aliphatic carbocycles. The second-order valence-electron chi connectivity index (χ2n) is 4.65. The van der Waals surface area contributed by atoms with Gasteiger partial charge in [-0.3, -0.25) is 4.90 Å². The number of aryl methyl sites for hydroxylation is 1. The van der Waals surface area contributed by atoms with Gasteiger partial charge in [0.2, 0.25) is 0 Å². The fourth-order valence-electron chi connectivity index (χ4n) is 2.12. The lowest BCUT2D eigenvalue weighted by atomic mass is 10.2. The van der Waals surface area contributed by atoms with E-state index in [9.17, 15) is 0 Å². The Hall–Kier alpha value is -1.06. The normalized spacial score (nSPS) is 16.7. The largest absolute Gasteiger partial charge is 0.494 e. The first-order chi connectivity index (χ1) is 8.88. The summed E-state index contributed by atoms with van der Waals surface area (Å²) in [6.45, 7) is 7.94. The van der Waals surface area contributed by atoms with Crippen LogP contribution in [0.25, 0.3) is 0 Å². The lowest BCUT2D eigenvalue weighted by Gasteiger charge is -2.26. The molecule has 3 heteroatoms. The van der Waals surface area contributed by atoms with Gasteiger partial charge in [0, 0.05) is 19.6 Å². The van der Waals surface area contributed by atoms with E-state index >= 15 is 0 Å². The first-order valence-corrected chi connectivity index (χ1v) is 6.90. The molecular weight excluding hydrogens is 226 g/mol. The van der Waals surface area contributed by atoms with Gasteiger partial charge in [0.1, 0.15) is 5.75 Å². The maximum absolute atomic E-state index is 5.74. The summed E-state index contributed by atoms with van der Waals surface area (Å²) in [5.74, 6) is 0.981. The van der Waals surface area contributed by atoms with E-state index in [1.165, 1.54) is 5.56 Å². The van der Waals surface area contributed by atoms with Crippen LogP contribution in [0.5, 0.6) is 5.75 Å². The highest BCUT2D eigenvalue weighted by Crippen LogP contribution is 2.12. The predicted octanol–water partition coefficient (Wildman–Crippen LogP) is 2.35. The Bertz CT molecular complexity index is 331. The van der Waals surface area contributed by atoms with Gasteiger partial charge < -0.3 is 9.47 Å². The maximum atomic E-state index is 5.74. The molecule has 1 fully saturated rings. The van der Waals surface area contributed by atoms with E-state index in [0.29, 0.717) is 0 Å². The highest BCUT2D eigenvalue weighted by Gasteiger charge is 2.09. The molecule has 0 saturated carbocycles. The van der Waals surface area contributed by atoms with E-state index in [4.69, 9.17) is 9.47 Å². The highest BCUT2D eigenvalue weighted by atomic mass is 16.5. The summed E-state index contributed by atoms with van der Waals surface area (Å²) in [5, 5.41) is 0. The van der Waals surface area contributed by atoms with E-state index in [-0.39, 0.29) is 0 Å². The van der Waals surface area contributed by atoms with Crippen LogP contribution < -0.4 is 4.74 Å². The molecule has 1 aliphatic heterocycles. The number of benzene rings is 1. The van der Waals surface area contributed by atoms with Crippen LogP contribution in [0, 0.1) is 0 Å². The SMILES string of the molecule is CCc1ccc(OCCCN2CCOCC2)cc1. The summed E-state index contributed by atoms with van der Waals surface area (Å²) in [6, 6.07) is 8.40. The fraction of sp³-hybridized carbons (Fsp3) is 0.600. The Labute approximate surface area is 110 Å². The summed E-state index contributed by atoms with van der Waals surface area (Å²) in [7, 11) is 0. The number of hydrogen-bond donors (Lipinski definition) is 0. The molecule has 0 amide bonds. The molecule has 0 N–H and O–H groups in total. The van der Waals surface area contributed by atoms with E-state index in [1.807, 2.05) is 0 Å². The number of morpholine rings is 1. The number of rotatable bonds is 6. The van der Waals surface area contributed by atoms with Crippen LogP contribution in [0.2, 0.25) is 0 Å². The van der Waals surface area contributed by atoms with Crippen molar-refractivity contribution in [2.45, 2.75) is 19.8 Å². The van der Waals surface area contributed by atoms with Gasteiger partial charge in [0.15, 0.2) is 0 Å². The van der Waals surface area contributed by atoms with Crippen LogP contribution >= 0.6 is 0 Å². The van der Waals surface area contributed by atoms with E-state index < -0.39 is 0 Å². The van der Waals surface area contributed by atoms with Crippen LogP contribution in [0.4, 0.5) is 0 Å². The van der Waals surface area contributed by atoms with Gasteiger partial charge in [-0.15, -0.1) is 0 Å². The minimum atomic E-state index is 0.794. The van der Waals surface area contributed by atoms with Crippen molar-refractivity contribution in [3.05, 3.63) is 29.8 Å². The molecule has 0 atom stereocenters. The Kier molecular flexibility index (Phi) is 5.49. The number of hydrogen-bond acceptors (Lipinski definition) is 3. The zero-order valence-corrected chi connectivity index (χ0v) is 11.2. The van der Waals surface area contributed by atoms with Crippen molar-refractivity contribution < 1.29 is 9.47 Å². The van der Waals surface area contributed by atoms with Gasteiger partial charge in [-0.25, -0.2) is 0 Å². The minimum absolute atomic E-state index is 0.794. The van der Waals surface area contributed by atoms with Crippen molar-refractivity contribution >= 4 is 0 Å². The molecule has 1 aliphatic rings. The monoisotopic (exact) mass is 249 g/mol. The van der Waals surface area contributed by atoms with E-state index in [1.54, 1.807) is 0 Å². The van der Waals surface area contributed by atoms with Crippen LogP contribution in [-0.4, -0.2) is 44.4 Å². The second kappa shape index (κ2) is 7.39. The summed E-state index contributed by atoms with van der Waals surface area (Å²) in [5.41, 5.74) is 1.36. The first-order valence-electron chi connectivity index (χ1n) is 6.90. The van der Waals surface area contributed by atoms with Gasteiger partial charge in [-0.2, -0.15) is 0 Å². The fourth-order valence-corrected chi connectivity index (χ4v) is 2.12. The molecule has 0 unspecified atom stereocenters. The van der Waals surface area contributed by atoms with Crippen LogP contribution in [0.3, 0.4) is 0 Å². The lowest BCUT2D eigenvalue weighted by molar-refractivity contribution is 0.0358. The van der Waals surface area contributed by atoms with Gasteiger partial charge in [0.25, 0.3) is 0 Å². The average molecular weight is 249 g/mol. The van der Waals surface area contributed by atoms with E-state index in [0.717, 1.165) is 58.0 Å². The molecule has 1 aromatic carbocycles. The van der Waals surface area contributed by atoms with Crippen LogP contribution in [0.1, 0.15) is 18.9 Å². The summed E-state index contributed by atoms with van der Waals surface area (Å²) in [4.78, 5) is 2.44. The third kappa shape index (κ3) is 4.31. The smallest absolute Gasteiger partial charge is 0.119 e. The van der Waals surface area contributed by atoms with Crippen molar-refractivity contribution in [2.75, 3.05) is 39.5 Å². The maximum Gasteiger partial charge on any atom is 0.119 e. The molecule has 0 bridgehead atoms. The standard InChI is InChI=1S/C15H23NO2/c1-2-14-4-6-15(7-5-14)18-11-3-8-16-9-12-17-13-10-16/h4-7H,2-3,8-13H2,1H3. The minimum Gasteiger partial charge on any atom is -0.494 e. The highest BCUT2D eigenvalue weighted by molar-refractivity contribution is 5.27. The van der Waals surface area contributed by atoms with Gasteiger partial charge in [-0.1, -0.05) is 19.1 Å². The summed E-state index contributed by atoms with van der Waals surface area (Å²) in [6.07, 6.45) is 2.16. The third-order valence-corrected chi connectivity index (χ3v) is 3.32. The summed E-state index contributed by atoms with van der Waals surface area (Å²) < 4.78 is 11.1. The molecule has 2 rings (SSSR count). The molecule has 3 nitrogen and oxygen atoms in total. The molecule has 1 aromatic rings. The Morgan fingerprint density at radius 2 is 1.89 bits per heavy atom. The molecule has 0 radical (unpaired) electrons. The molecule has 100 valence electrons. The van der Waals surface area contributed by atoms with Crippen molar-refractivity contribution in [1.29, 1.82) is 0 Å². The Balaban J connectivity index is 1.62.